The minimum atomic E-state index is 0.0996. The number of rotatable bonds is 2. The van der Waals surface area contributed by atoms with E-state index in [1.165, 1.54) is 43.2 Å². The van der Waals surface area contributed by atoms with Crippen molar-refractivity contribution in [1.82, 2.24) is 0 Å². The summed E-state index contributed by atoms with van der Waals surface area (Å²) in [6.07, 6.45) is 7.71. The molecule has 1 N–H and O–H groups in total. The average molecular weight is 232 g/mol. The molecule has 0 saturated heterocycles. The monoisotopic (exact) mass is 232 g/mol. The van der Waals surface area contributed by atoms with Crippen LogP contribution in [0.2, 0.25) is 0 Å². The smallest absolute Gasteiger partial charge is 0.124 e. The standard InChI is InChI=1S/C15H20O2/c1-17-14-6-5-13-11(12(14)10-16)4-2-7-15(13)8-3-9-15/h5-6,16H,2-4,7-10H2,1H3. The Hall–Kier alpha value is -1.02. The van der Waals surface area contributed by atoms with E-state index in [4.69, 9.17) is 4.74 Å². The molecule has 17 heavy (non-hydrogen) atoms. The van der Waals surface area contributed by atoms with Crippen LogP contribution in [0, 0.1) is 0 Å². The topological polar surface area (TPSA) is 29.5 Å². The molecule has 1 fully saturated rings. The van der Waals surface area contributed by atoms with E-state index in [2.05, 4.69) is 6.07 Å². The minimum absolute atomic E-state index is 0.0996. The normalized spacial score (nSPS) is 20.8. The first kappa shape index (κ1) is 11.1. The molecule has 3 rings (SSSR count). The molecule has 1 aromatic rings. The van der Waals surface area contributed by atoms with Gasteiger partial charge in [-0.1, -0.05) is 12.5 Å². The molecule has 0 atom stereocenters. The van der Waals surface area contributed by atoms with Gasteiger partial charge < -0.3 is 9.84 Å². The number of methoxy groups -OCH3 is 1. The maximum atomic E-state index is 9.59. The quantitative estimate of drug-likeness (QED) is 0.849. The van der Waals surface area contributed by atoms with Crippen LogP contribution in [0.25, 0.3) is 0 Å². The summed E-state index contributed by atoms with van der Waals surface area (Å²) < 4.78 is 5.36. The predicted octanol–water partition coefficient (Wildman–Crippen LogP) is 2.95. The number of aliphatic hydroxyl groups excluding tert-OH is 1. The van der Waals surface area contributed by atoms with Crippen molar-refractivity contribution < 1.29 is 9.84 Å². The molecule has 1 saturated carbocycles. The van der Waals surface area contributed by atoms with Crippen LogP contribution < -0.4 is 4.74 Å². The fraction of sp³-hybridized carbons (Fsp3) is 0.600. The summed E-state index contributed by atoms with van der Waals surface area (Å²) in [6, 6.07) is 4.28. The summed E-state index contributed by atoms with van der Waals surface area (Å²) >= 11 is 0. The molecule has 0 aliphatic heterocycles. The molecule has 0 radical (unpaired) electrons. The van der Waals surface area contributed by atoms with Gasteiger partial charge >= 0.3 is 0 Å². The molecular weight excluding hydrogens is 212 g/mol. The number of benzene rings is 1. The van der Waals surface area contributed by atoms with Gasteiger partial charge in [-0.25, -0.2) is 0 Å². The van der Waals surface area contributed by atoms with Gasteiger partial charge in [0.15, 0.2) is 0 Å². The molecule has 0 amide bonds. The average Bonchev–Trinajstić information content (AvgIpc) is 2.34. The summed E-state index contributed by atoms with van der Waals surface area (Å²) in [7, 11) is 1.68. The third-order valence-corrected chi connectivity index (χ3v) is 4.73. The Labute approximate surface area is 103 Å². The first-order chi connectivity index (χ1) is 8.30. The predicted molar refractivity (Wildman–Crippen MR) is 67.4 cm³/mol. The van der Waals surface area contributed by atoms with Gasteiger partial charge in [-0.15, -0.1) is 0 Å². The van der Waals surface area contributed by atoms with Gasteiger partial charge in [-0.3, -0.25) is 0 Å². The second-order valence-electron chi connectivity index (χ2n) is 5.42. The van der Waals surface area contributed by atoms with Crippen LogP contribution in [0.5, 0.6) is 5.75 Å². The van der Waals surface area contributed by atoms with Crippen LogP contribution in [-0.4, -0.2) is 12.2 Å². The molecule has 1 spiro atoms. The second-order valence-corrected chi connectivity index (χ2v) is 5.42. The fourth-order valence-corrected chi connectivity index (χ4v) is 3.68. The molecular formula is C15H20O2. The highest BCUT2D eigenvalue weighted by atomic mass is 16.5. The summed E-state index contributed by atoms with van der Waals surface area (Å²) in [5.41, 5.74) is 4.35. The molecule has 2 aliphatic rings. The van der Waals surface area contributed by atoms with Crippen molar-refractivity contribution in [3.05, 3.63) is 28.8 Å². The van der Waals surface area contributed by atoms with E-state index in [1.807, 2.05) is 6.07 Å². The maximum Gasteiger partial charge on any atom is 0.124 e. The summed E-state index contributed by atoms with van der Waals surface area (Å²) in [6.45, 7) is 0.0996. The SMILES string of the molecule is COc1ccc2c(c1CO)CCCC21CCC1. The number of hydrogen-bond acceptors (Lipinski definition) is 2. The number of aliphatic hydroxyl groups is 1. The minimum Gasteiger partial charge on any atom is -0.496 e. The third kappa shape index (κ3) is 1.50. The first-order valence-electron chi connectivity index (χ1n) is 6.61. The zero-order valence-corrected chi connectivity index (χ0v) is 10.5. The Morgan fingerprint density at radius 3 is 2.59 bits per heavy atom. The van der Waals surface area contributed by atoms with Crippen molar-refractivity contribution in [3.63, 3.8) is 0 Å². The highest BCUT2D eigenvalue weighted by Crippen LogP contribution is 2.52. The van der Waals surface area contributed by atoms with Crippen LogP contribution in [0.4, 0.5) is 0 Å². The Morgan fingerprint density at radius 1 is 1.24 bits per heavy atom. The lowest BCUT2D eigenvalue weighted by Crippen LogP contribution is -2.38. The molecule has 2 aliphatic carbocycles. The molecule has 0 heterocycles. The van der Waals surface area contributed by atoms with Crippen LogP contribution in [-0.2, 0) is 18.4 Å². The van der Waals surface area contributed by atoms with E-state index in [-0.39, 0.29) is 6.61 Å². The molecule has 2 nitrogen and oxygen atoms in total. The molecule has 0 unspecified atom stereocenters. The van der Waals surface area contributed by atoms with Crippen LogP contribution in [0.15, 0.2) is 12.1 Å². The zero-order chi connectivity index (χ0) is 11.9. The van der Waals surface area contributed by atoms with Crippen molar-refractivity contribution in [2.24, 2.45) is 0 Å². The Kier molecular flexibility index (Phi) is 2.62. The third-order valence-electron chi connectivity index (χ3n) is 4.73. The lowest BCUT2D eigenvalue weighted by molar-refractivity contribution is 0.205. The van der Waals surface area contributed by atoms with Crippen molar-refractivity contribution in [1.29, 1.82) is 0 Å². The molecule has 0 aromatic heterocycles. The molecule has 0 bridgehead atoms. The zero-order valence-electron chi connectivity index (χ0n) is 10.5. The molecule has 1 aromatic carbocycles. The van der Waals surface area contributed by atoms with Gasteiger partial charge in [0.2, 0.25) is 0 Å². The van der Waals surface area contributed by atoms with E-state index in [1.54, 1.807) is 7.11 Å². The van der Waals surface area contributed by atoms with Gasteiger partial charge in [-0.2, -0.15) is 0 Å². The fourth-order valence-electron chi connectivity index (χ4n) is 3.68. The number of hydrogen-bond donors (Lipinski definition) is 1. The molecule has 2 heteroatoms. The van der Waals surface area contributed by atoms with E-state index in [9.17, 15) is 5.11 Å². The first-order valence-corrected chi connectivity index (χ1v) is 6.61. The number of ether oxygens (including phenoxy) is 1. The van der Waals surface area contributed by atoms with Gasteiger partial charge in [0.05, 0.1) is 13.7 Å². The van der Waals surface area contributed by atoms with Gasteiger partial charge in [0.25, 0.3) is 0 Å². The summed E-state index contributed by atoms with van der Waals surface area (Å²) in [5, 5.41) is 9.59. The van der Waals surface area contributed by atoms with Crippen molar-refractivity contribution >= 4 is 0 Å². The molecule has 92 valence electrons. The van der Waals surface area contributed by atoms with Gasteiger partial charge in [0.1, 0.15) is 5.75 Å². The van der Waals surface area contributed by atoms with E-state index < -0.39 is 0 Å². The summed E-state index contributed by atoms with van der Waals surface area (Å²) in [4.78, 5) is 0. The van der Waals surface area contributed by atoms with Crippen molar-refractivity contribution in [3.8, 4) is 5.75 Å². The van der Waals surface area contributed by atoms with Crippen LogP contribution in [0.1, 0.15) is 48.8 Å². The highest BCUT2D eigenvalue weighted by Gasteiger charge is 2.42. The summed E-state index contributed by atoms with van der Waals surface area (Å²) in [5.74, 6) is 0.850. The largest absolute Gasteiger partial charge is 0.496 e. The lowest BCUT2D eigenvalue weighted by Gasteiger charge is -2.47. The number of fused-ring (bicyclic) bond motifs is 2. The van der Waals surface area contributed by atoms with Crippen LogP contribution in [0.3, 0.4) is 0 Å². The highest BCUT2D eigenvalue weighted by molar-refractivity contribution is 5.50. The van der Waals surface area contributed by atoms with E-state index in [0.717, 1.165) is 17.7 Å². The maximum absolute atomic E-state index is 9.59. The van der Waals surface area contributed by atoms with Crippen molar-refractivity contribution in [2.45, 2.75) is 50.5 Å². The Balaban J connectivity index is 2.13. The van der Waals surface area contributed by atoms with Gasteiger partial charge in [-0.05, 0) is 54.7 Å². The van der Waals surface area contributed by atoms with Crippen LogP contribution >= 0.6 is 0 Å². The van der Waals surface area contributed by atoms with E-state index >= 15 is 0 Å². The van der Waals surface area contributed by atoms with E-state index in [0.29, 0.717) is 5.41 Å². The second kappa shape index (κ2) is 4.02. The lowest BCUT2D eigenvalue weighted by atomic mass is 9.58. The Bertz CT molecular complexity index is 433. The Morgan fingerprint density at radius 2 is 2.00 bits per heavy atom. The van der Waals surface area contributed by atoms with Gasteiger partial charge in [0, 0.05) is 5.56 Å². The van der Waals surface area contributed by atoms with Crippen molar-refractivity contribution in [2.75, 3.05) is 7.11 Å².